The van der Waals surface area contributed by atoms with Gasteiger partial charge in [0, 0.05) is 19.3 Å². The number of pyridine rings is 1. The van der Waals surface area contributed by atoms with Crippen LogP contribution in [0, 0.1) is 11.7 Å². The molecular weight excluding hydrogens is 285 g/mol. The van der Waals surface area contributed by atoms with Gasteiger partial charge in [0.15, 0.2) is 0 Å². The van der Waals surface area contributed by atoms with Crippen LogP contribution in [0.2, 0.25) is 0 Å². The smallest absolute Gasteiger partial charge is 0.255 e. The van der Waals surface area contributed by atoms with Gasteiger partial charge in [0.05, 0.1) is 11.3 Å². The van der Waals surface area contributed by atoms with E-state index in [-0.39, 0.29) is 29.9 Å². The molecule has 0 saturated heterocycles. The van der Waals surface area contributed by atoms with Crippen molar-refractivity contribution in [3.8, 4) is 0 Å². The van der Waals surface area contributed by atoms with Crippen LogP contribution in [-0.4, -0.2) is 29.1 Å². The number of hydrogen-bond acceptors (Lipinski definition) is 4. The average Bonchev–Trinajstić information content (AvgIpc) is 2.55. The predicted molar refractivity (Wildman–Crippen MR) is 82.5 cm³/mol. The summed E-state index contributed by atoms with van der Waals surface area (Å²) in [4.78, 5) is 16.3. The van der Waals surface area contributed by atoms with Crippen molar-refractivity contribution in [1.29, 1.82) is 0 Å². The highest BCUT2D eigenvalue weighted by molar-refractivity contribution is 5.99. The van der Waals surface area contributed by atoms with Crippen molar-refractivity contribution in [3.63, 3.8) is 0 Å². The van der Waals surface area contributed by atoms with Gasteiger partial charge in [-0.05, 0) is 30.2 Å². The lowest BCUT2D eigenvalue weighted by Crippen LogP contribution is -2.30. The van der Waals surface area contributed by atoms with E-state index in [9.17, 15) is 9.18 Å². The summed E-state index contributed by atoms with van der Waals surface area (Å²) >= 11 is 0. The molecule has 6 heteroatoms. The quantitative estimate of drug-likeness (QED) is 0.765. The van der Waals surface area contributed by atoms with E-state index < -0.39 is 5.82 Å². The van der Waals surface area contributed by atoms with Crippen LogP contribution >= 0.6 is 0 Å². The minimum absolute atomic E-state index is 0.00630. The molecule has 0 saturated carbocycles. The Kier molecular flexibility index (Phi) is 5.43. The van der Waals surface area contributed by atoms with Crippen molar-refractivity contribution < 1.29 is 14.3 Å². The number of aliphatic hydroxyl groups is 1. The van der Waals surface area contributed by atoms with E-state index in [4.69, 9.17) is 5.11 Å². The van der Waals surface area contributed by atoms with Crippen molar-refractivity contribution >= 4 is 17.4 Å². The first kappa shape index (κ1) is 15.9. The number of nitrogens with zero attached hydrogens (tertiary/aromatic N) is 1. The SMILES string of the molecule is CC(CO)CNC(=O)c1cccnc1Nc1ccccc1F. The first-order valence-corrected chi connectivity index (χ1v) is 6.97. The summed E-state index contributed by atoms with van der Waals surface area (Å²) in [5.74, 6) is -0.508. The van der Waals surface area contributed by atoms with Gasteiger partial charge in [0.25, 0.3) is 5.91 Å². The number of para-hydroxylation sites is 1. The topological polar surface area (TPSA) is 74.2 Å². The summed E-state index contributed by atoms with van der Waals surface area (Å²) < 4.78 is 13.7. The molecule has 1 heterocycles. The molecular formula is C16H18FN3O2. The fourth-order valence-electron chi connectivity index (χ4n) is 1.80. The lowest BCUT2D eigenvalue weighted by Gasteiger charge is -2.13. The van der Waals surface area contributed by atoms with Gasteiger partial charge in [-0.3, -0.25) is 4.79 Å². The van der Waals surface area contributed by atoms with E-state index in [0.29, 0.717) is 12.1 Å². The molecule has 0 spiro atoms. The second-order valence-corrected chi connectivity index (χ2v) is 5.00. The van der Waals surface area contributed by atoms with Gasteiger partial charge >= 0.3 is 0 Å². The molecule has 0 aliphatic heterocycles. The lowest BCUT2D eigenvalue weighted by atomic mass is 10.2. The fourth-order valence-corrected chi connectivity index (χ4v) is 1.80. The van der Waals surface area contributed by atoms with Gasteiger partial charge in [0.1, 0.15) is 11.6 Å². The second-order valence-electron chi connectivity index (χ2n) is 5.00. The Morgan fingerprint density at radius 1 is 1.32 bits per heavy atom. The molecule has 0 radical (unpaired) electrons. The molecule has 0 bridgehead atoms. The largest absolute Gasteiger partial charge is 0.396 e. The number of rotatable bonds is 6. The maximum atomic E-state index is 13.7. The van der Waals surface area contributed by atoms with E-state index in [1.807, 2.05) is 6.92 Å². The van der Waals surface area contributed by atoms with E-state index in [2.05, 4.69) is 15.6 Å². The molecule has 3 N–H and O–H groups in total. The van der Waals surface area contributed by atoms with E-state index in [0.717, 1.165) is 0 Å². The predicted octanol–water partition coefficient (Wildman–Crippen LogP) is 2.32. The van der Waals surface area contributed by atoms with Crippen LogP contribution < -0.4 is 10.6 Å². The van der Waals surface area contributed by atoms with Crippen LogP contribution in [0.15, 0.2) is 42.6 Å². The third kappa shape index (κ3) is 4.02. The number of benzene rings is 1. The summed E-state index contributed by atoms with van der Waals surface area (Å²) in [7, 11) is 0. The highest BCUT2D eigenvalue weighted by atomic mass is 19.1. The number of halogens is 1. The van der Waals surface area contributed by atoms with Gasteiger partial charge in [-0.25, -0.2) is 9.37 Å². The van der Waals surface area contributed by atoms with Crippen molar-refractivity contribution in [3.05, 3.63) is 54.0 Å². The van der Waals surface area contributed by atoms with Gasteiger partial charge in [-0.2, -0.15) is 0 Å². The number of aliphatic hydroxyl groups excluding tert-OH is 1. The maximum Gasteiger partial charge on any atom is 0.255 e. The van der Waals surface area contributed by atoms with E-state index in [1.165, 1.54) is 12.3 Å². The Hall–Kier alpha value is -2.47. The Morgan fingerprint density at radius 2 is 2.09 bits per heavy atom. The third-order valence-electron chi connectivity index (χ3n) is 3.10. The van der Waals surface area contributed by atoms with E-state index >= 15 is 0 Å². The second kappa shape index (κ2) is 7.51. The van der Waals surface area contributed by atoms with Crippen molar-refractivity contribution in [2.45, 2.75) is 6.92 Å². The first-order valence-electron chi connectivity index (χ1n) is 6.97. The third-order valence-corrected chi connectivity index (χ3v) is 3.10. The minimum Gasteiger partial charge on any atom is -0.396 e. The molecule has 0 aliphatic rings. The standard InChI is InChI=1S/C16H18FN3O2/c1-11(10-21)9-19-16(22)12-5-4-8-18-15(12)20-14-7-3-2-6-13(14)17/h2-8,11,21H,9-10H2,1H3,(H,18,20)(H,19,22). The highest BCUT2D eigenvalue weighted by Crippen LogP contribution is 2.20. The number of nitrogens with one attached hydrogen (secondary N) is 2. The number of hydrogen-bond donors (Lipinski definition) is 3. The summed E-state index contributed by atoms with van der Waals surface area (Å²) in [6.45, 7) is 2.17. The number of carbonyl (C=O) groups excluding carboxylic acids is 1. The average molecular weight is 303 g/mol. The van der Waals surface area contributed by atoms with E-state index in [1.54, 1.807) is 30.3 Å². The Labute approximate surface area is 128 Å². The van der Waals surface area contributed by atoms with Crippen LogP contribution in [0.3, 0.4) is 0 Å². The normalized spacial score (nSPS) is 11.8. The molecule has 1 atom stereocenters. The minimum atomic E-state index is -0.423. The summed E-state index contributed by atoms with van der Waals surface area (Å²) in [6, 6.07) is 9.42. The van der Waals surface area contributed by atoms with Crippen molar-refractivity contribution in [2.24, 2.45) is 5.92 Å². The molecule has 2 rings (SSSR count). The van der Waals surface area contributed by atoms with Gasteiger partial charge in [-0.15, -0.1) is 0 Å². The number of aromatic nitrogens is 1. The molecule has 1 aromatic heterocycles. The fraction of sp³-hybridized carbons (Fsp3) is 0.250. The molecule has 1 amide bonds. The number of anilines is 2. The zero-order valence-electron chi connectivity index (χ0n) is 12.2. The Morgan fingerprint density at radius 3 is 2.82 bits per heavy atom. The van der Waals surface area contributed by atoms with Crippen LogP contribution in [-0.2, 0) is 0 Å². The molecule has 22 heavy (non-hydrogen) atoms. The van der Waals surface area contributed by atoms with Gasteiger partial charge in [-0.1, -0.05) is 19.1 Å². The Bertz CT molecular complexity index is 649. The van der Waals surface area contributed by atoms with Crippen molar-refractivity contribution in [1.82, 2.24) is 10.3 Å². The lowest BCUT2D eigenvalue weighted by molar-refractivity contribution is 0.0943. The maximum absolute atomic E-state index is 13.7. The summed E-state index contributed by atoms with van der Waals surface area (Å²) in [6.07, 6.45) is 1.52. The zero-order valence-corrected chi connectivity index (χ0v) is 12.2. The molecule has 5 nitrogen and oxygen atoms in total. The van der Waals surface area contributed by atoms with Gasteiger partial charge < -0.3 is 15.7 Å². The molecule has 0 fully saturated rings. The van der Waals surface area contributed by atoms with Gasteiger partial charge in [0.2, 0.25) is 0 Å². The number of amides is 1. The first-order chi connectivity index (χ1) is 10.6. The van der Waals surface area contributed by atoms with Crippen LogP contribution in [0.4, 0.5) is 15.9 Å². The highest BCUT2D eigenvalue weighted by Gasteiger charge is 2.14. The zero-order chi connectivity index (χ0) is 15.9. The molecule has 116 valence electrons. The number of carbonyl (C=O) groups is 1. The van der Waals surface area contributed by atoms with Crippen LogP contribution in [0.1, 0.15) is 17.3 Å². The molecule has 2 aromatic rings. The molecule has 0 aliphatic carbocycles. The van der Waals surface area contributed by atoms with Crippen LogP contribution in [0.5, 0.6) is 0 Å². The van der Waals surface area contributed by atoms with Crippen molar-refractivity contribution in [2.75, 3.05) is 18.5 Å². The summed E-state index contributed by atoms with van der Waals surface area (Å²) in [5.41, 5.74) is 0.565. The Balaban J connectivity index is 2.16. The summed E-state index contributed by atoms with van der Waals surface area (Å²) in [5, 5.41) is 14.5. The van der Waals surface area contributed by atoms with Crippen LogP contribution in [0.25, 0.3) is 0 Å². The molecule has 1 aromatic carbocycles. The molecule has 1 unspecified atom stereocenters. The monoisotopic (exact) mass is 303 g/mol.